The maximum Gasteiger partial charge on any atom is 0.0675 e. The number of aliphatic hydroxyl groups is 1. The molecular formula is C10H17O. The second-order valence-electron chi connectivity index (χ2n) is 2.69. The van der Waals surface area contributed by atoms with Gasteiger partial charge in [0.05, 0.1) is 6.10 Å². The molecule has 1 nitrogen and oxygen atoms in total. The summed E-state index contributed by atoms with van der Waals surface area (Å²) >= 11 is 0. The molecule has 0 aromatic rings. The molecule has 0 aliphatic rings. The van der Waals surface area contributed by atoms with Gasteiger partial charge in [-0.15, -0.1) is 5.92 Å². The van der Waals surface area contributed by atoms with Crippen LogP contribution in [0, 0.1) is 24.7 Å². The maximum atomic E-state index is 9.45. The number of aliphatic hydroxyl groups excluding tert-OH is 1. The largest absolute Gasteiger partial charge is 0.392 e. The molecule has 1 radical (unpaired) electrons. The minimum atomic E-state index is -0.274. The third-order valence-electron chi connectivity index (χ3n) is 1.77. The Morgan fingerprint density at radius 3 is 2.45 bits per heavy atom. The van der Waals surface area contributed by atoms with E-state index < -0.39 is 0 Å². The van der Waals surface area contributed by atoms with E-state index in [1.807, 2.05) is 6.92 Å². The van der Waals surface area contributed by atoms with E-state index in [-0.39, 0.29) is 12.0 Å². The van der Waals surface area contributed by atoms with E-state index in [4.69, 9.17) is 0 Å². The molecule has 0 bridgehead atoms. The van der Waals surface area contributed by atoms with Gasteiger partial charge in [-0.2, -0.15) is 0 Å². The third kappa shape index (κ3) is 4.06. The Labute approximate surface area is 69.8 Å². The van der Waals surface area contributed by atoms with Gasteiger partial charge in [0.2, 0.25) is 0 Å². The van der Waals surface area contributed by atoms with Crippen molar-refractivity contribution in [2.24, 2.45) is 5.92 Å². The first-order chi connectivity index (χ1) is 5.26. The van der Waals surface area contributed by atoms with Crippen molar-refractivity contribution in [1.82, 2.24) is 0 Å². The Balaban J connectivity index is 3.93. The predicted molar refractivity (Wildman–Crippen MR) is 47.8 cm³/mol. The minimum Gasteiger partial charge on any atom is -0.392 e. The second kappa shape index (κ2) is 6.24. The minimum absolute atomic E-state index is 0.127. The van der Waals surface area contributed by atoms with Gasteiger partial charge in [0.25, 0.3) is 0 Å². The first-order valence-electron chi connectivity index (χ1n) is 4.21. The highest BCUT2D eigenvalue weighted by molar-refractivity contribution is 5.07. The predicted octanol–water partition coefficient (Wildman–Crippen LogP) is 2.01. The van der Waals surface area contributed by atoms with E-state index in [1.54, 1.807) is 0 Å². The Morgan fingerprint density at radius 2 is 2.09 bits per heavy atom. The fraction of sp³-hybridized carbons (Fsp3) is 0.700. The maximum absolute atomic E-state index is 9.45. The lowest BCUT2D eigenvalue weighted by atomic mass is 9.96. The number of rotatable bonds is 4. The summed E-state index contributed by atoms with van der Waals surface area (Å²) in [5.41, 5.74) is 0. The standard InChI is InChI=1S/C10H17O/c1-4-7-9(8-5-2)10(11)6-3/h9-11H,1,5-6,8H2,2-3H3. The fourth-order valence-electron chi connectivity index (χ4n) is 1.09. The van der Waals surface area contributed by atoms with Crippen LogP contribution in [-0.4, -0.2) is 11.2 Å². The Morgan fingerprint density at radius 1 is 1.45 bits per heavy atom. The van der Waals surface area contributed by atoms with Crippen LogP contribution in [0.2, 0.25) is 0 Å². The molecule has 0 spiro atoms. The van der Waals surface area contributed by atoms with Gasteiger partial charge in [0.1, 0.15) is 0 Å². The van der Waals surface area contributed by atoms with E-state index in [0.717, 1.165) is 19.3 Å². The fourth-order valence-corrected chi connectivity index (χ4v) is 1.09. The average Bonchev–Trinajstić information content (AvgIpc) is 2.03. The summed E-state index contributed by atoms with van der Waals surface area (Å²) in [6, 6.07) is 0. The highest BCUT2D eigenvalue weighted by Gasteiger charge is 2.12. The molecule has 0 saturated heterocycles. The molecule has 63 valence electrons. The van der Waals surface area contributed by atoms with Crippen LogP contribution in [0.25, 0.3) is 0 Å². The molecule has 0 amide bonds. The SMILES string of the molecule is [CH2]C#CC(CCC)C(O)CC. The van der Waals surface area contributed by atoms with Crippen LogP contribution in [0.15, 0.2) is 0 Å². The lowest BCUT2D eigenvalue weighted by Gasteiger charge is -2.14. The molecule has 0 heterocycles. The van der Waals surface area contributed by atoms with Gasteiger partial charge in [-0.05, 0) is 12.8 Å². The summed E-state index contributed by atoms with van der Waals surface area (Å²) in [5, 5.41) is 9.45. The zero-order valence-electron chi connectivity index (χ0n) is 7.43. The lowest BCUT2D eigenvalue weighted by Crippen LogP contribution is -2.17. The summed E-state index contributed by atoms with van der Waals surface area (Å²) in [5.74, 6) is 5.66. The van der Waals surface area contributed by atoms with Crippen molar-refractivity contribution in [3.63, 3.8) is 0 Å². The number of hydrogen-bond donors (Lipinski definition) is 1. The highest BCUT2D eigenvalue weighted by atomic mass is 16.3. The Kier molecular flexibility index (Phi) is 5.97. The Hall–Kier alpha value is -0.480. The quantitative estimate of drug-likeness (QED) is 0.612. The molecule has 1 heteroatoms. The molecule has 0 aliphatic heterocycles. The molecular weight excluding hydrogens is 136 g/mol. The summed E-state index contributed by atoms with van der Waals surface area (Å²) in [6.45, 7) is 7.52. The molecule has 0 saturated carbocycles. The molecule has 0 aromatic heterocycles. The van der Waals surface area contributed by atoms with E-state index in [9.17, 15) is 5.11 Å². The van der Waals surface area contributed by atoms with Gasteiger partial charge in [-0.1, -0.05) is 26.2 Å². The van der Waals surface area contributed by atoms with Crippen LogP contribution in [-0.2, 0) is 0 Å². The first-order valence-corrected chi connectivity index (χ1v) is 4.21. The molecule has 0 aromatic carbocycles. The van der Waals surface area contributed by atoms with Gasteiger partial charge < -0.3 is 5.11 Å². The summed E-state index contributed by atoms with van der Waals surface area (Å²) in [7, 11) is 0. The first kappa shape index (κ1) is 10.5. The van der Waals surface area contributed by atoms with Gasteiger partial charge in [0, 0.05) is 12.8 Å². The van der Waals surface area contributed by atoms with Crippen molar-refractivity contribution in [2.75, 3.05) is 0 Å². The van der Waals surface area contributed by atoms with Crippen LogP contribution in [0.5, 0.6) is 0 Å². The zero-order chi connectivity index (χ0) is 8.69. The molecule has 2 atom stereocenters. The molecule has 11 heavy (non-hydrogen) atoms. The normalized spacial score (nSPS) is 14.9. The Bertz CT molecular complexity index is 141. The van der Waals surface area contributed by atoms with E-state index in [2.05, 4.69) is 25.7 Å². The molecule has 0 aliphatic carbocycles. The van der Waals surface area contributed by atoms with Crippen molar-refractivity contribution in [3.05, 3.63) is 6.92 Å². The molecule has 0 rings (SSSR count). The molecule has 1 N–H and O–H groups in total. The van der Waals surface area contributed by atoms with Crippen molar-refractivity contribution in [1.29, 1.82) is 0 Å². The van der Waals surface area contributed by atoms with E-state index in [0.29, 0.717) is 0 Å². The summed E-state index contributed by atoms with van der Waals surface area (Å²) < 4.78 is 0. The van der Waals surface area contributed by atoms with E-state index in [1.165, 1.54) is 0 Å². The molecule has 0 fully saturated rings. The van der Waals surface area contributed by atoms with Crippen molar-refractivity contribution in [3.8, 4) is 11.8 Å². The van der Waals surface area contributed by atoms with Gasteiger partial charge in [0.15, 0.2) is 0 Å². The van der Waals surface area contributed by atoms with Crippen molar-refractivity contribution in [2.45, 2.75) is 39.2 Å². The van der Waals surface area contributed by atoms with Crippen molar-refractivity contribution >= 4 is 0 Å². The van der Waals surface area contributed by atoms with Crippen LogP contribution in [0.1, 0.15) is 33.1 Å². The van der Waals surface area contributed by atoms with E-state index >= 15 is 0 Å². The molecule has 2 unspecified atom stereocenters. The van der Waals surface area contributed by atoms with Gasteiger partial charge in [-0.25, -0.2) is 0 Å². The third-order valence-corrected chi connectivity index (χ3v) is 1.77. The lowest BCUT2D eigenvalue weighted by molar-refractivity contribution is 0.125. The monoisotopic (exact) mass is 153 g/mol. The highest BCUT2D eigenvalue weighted by Crippen LogP contribution is 2.12. The second-order valence-corrected chi connectivity index (χ2v) is 2.69. The summed E-state index contributed by atoms with van der Waals surface area (Å²) in [6.07, 6.45) is 2.54. The topological polar surface area (TPSA) is 20.2 Å². The number of hydrogen-bond acceptors (Lipinski definition) is 1. The van der Waals surface area contributed by atoms with Crippen LogP contribution in [0.4, 0.5) is 0 Å². The average molecular weight is 153 g/mol. The van der Waals surface area contributed by atoms with Crippen molar-refractivity contribution < 1.29 is 5.11 Å². The van der Waals surface area contributed by atoms with Crippen LogP contribution in [0.3, 0.4) is 0 Å². The zero-order valence-corrected chi connectivity index (χ0v) is 7.43. The van der Waals surface area contributed by atoms with Crippen LogP contribution < -0.4 is 0 Å². The van der Waals surface area contributed by atoms with Crippen LogP contribution >= 0.6 is 0 Å². The summed E-state index contributed by atoms with van der Waals surface area (Å²) in [4.78, 5) is 0. The van der Waals surface area contributed by atoms with Gasteiger partial charge >= 0.3 is 0 Å². The van der Waals surface area contributed by atoms with Gasteiger partial charge in [-0.3, -0.25) is 0 Å². The smallest absolute Gasteiger partial charge is 0.0675 e.